The van der Waals surface area contributed by atoms with Crippen LogP contribution in [-0.4, -0.2) is 59.5 Å². The lowest BCUT2D eigenvalue weighted by Gasteiger charge is -2.32. The summed E-state index contributed by atoms with van der Waals surface area (Å²) in [5, 5.41) is 2.51. The summed E-state index contributed by atoms with van der Waals surface area (Å²) in [6.45, 7) is 2.51. The van der Waals surface area contributed by atoms with Crippen molar-refractivity contribution in [3.05, 3.63) is 12.4 Å². The minimum Gasteiger partial charge on any atom is -0.477 e. The maximum Gasteiger partial charge on any atom is 0.278 e. The third kappa shape index (κ3) is 4.31. The van der Waals surface area contributed by atoms with Gasteiger partial charge in [-0.1, -0.05) is 0 Å². The first kappa shape index (κ1) is 16.0. The second-order valence-electron chi connectivity index (χ2n) is 5.00. The fourth-order valence-corrected chi connectivity index (χ4v) is 2.26. The number of nitrogens with zero attached hydrogens (tertiary/aromatic N) is 3. The molecule has 0 aliphatic carbocycles. The molecule has 2 amide bonds. The van der Waals surface area contributed by atoms with Crippen molar-refractivity contribution in [3.8, 4) is 11.8 Å². The highest BCUT2D eigenvalue weighted by Crippen LogP contribution is 2.23. The number of likely N-dealkylation sites (tertiary alicyclic amines) is 1. The molecule has 1 aromatic heterocycles. The van der Waals surface area contributed by atoms with Crippen LogP contribution in [0.15, 0.2) is 12.4 Å². The molecule has 0 bridgehead atoms. The number of rotatable bonds is 5. The molecule has 0 aromatic carbocycles. The van der Waals surface area contributed by atoms with Crippen molar-refractivity contribution < 1.29 is 19.1 Å². The van der Waals surface area contributed by atoms with Gasteiger partial charge in [-0.3, -0.25) is 9.59 Å². The van der Waals surface area contributed by atoms with Crippen LogP contribution in [-0.2, 0) is 9.59 Å². The molecule has 0 spiro atoms. The number of hydrogen-bond donors (Lipinski definition) is 1. The van der Waals surface area contributed by atoms with Gasteiger partial charge in [0.1, 0.15) is 6.10 Å². The fourth-order valence-electron chi connectivity index (χ4n) is 2.26. The molecule has 1 saturated heterocycles. The molecular weight excluding hydrogens is 288 g/mol. The summed E-state index contributed by atoms with van der Waals surface area (Å²) in [6, 6.07) is 0. The molecular formula is C14H20N4O4. The summed E-state index contributed by atoms with van der Waals surface area (Å²) in [6.07, 6.45) is 4.54. The number of amides is 2. The smallest absolute Gasteiger partial charge is 0.278 e. The quantitative estimate of drug-likeness (QED) is 0.822. The van der Waals surface area contributed by atoms with Gasteiger partial charge in [0.25, 0.3) is 11.8 Å². The monoisotopic (exact) mass is 308 g/mol. The minimum atomic E-state index is -0.220. The Balaban J connectivity index is 1.93. The molecule has 22 heavy (non-hydrogen) atoms. The number of ether oxygens (including phenoxy) is 2. The molecule has 0 unspecified atom stereocenters. The van der Waals surface area contributed by atoms with Gasteiger partial charge in [0.15, 0.2) is 0 Å². The lowest BCUT2D eigenvalue weighted by molar-refractivity contribution is -0.134. The van der Waals surface area contributed by atoms with E-state index in [1.54, 1.807) is 4.90 Å². The molecule has 8 heteroatoms. The molecule has 1 fully saturated rings. The third-order valence-corrected chi connectivity index (χ3v) is 3.32. The maximum atomic E-state index is 12.0. The second-order valence-corrected chi connectivity index (χ2v) is 5.00. The van der Waals surface area contributed by atoms with Crippen molar-refractivity contribution in [2.24, 2.45) is 0 Å². The Hall–Kier alpha value is -2.38. The Bertz CT molecular complexity index is 537. The van der Waals surface area contributed by atoms with Gasteiger partial charge in [0.2, 0.25) is 11.8 Å². The van der Waals surface area contributed by atoms with E-state index in [1.165, 1.54) is 26.4 Å². The van der Waals surface area contributed by atoms with E-state index >= 15 is 0 Å². The normalized spacial score (nSPS) is 17.7. The van der Waals surface area contributed by atoms with Crippen molar-refractivity contribution in [2.75, 3.05) is 26.7 Å². The van der Waals surface area contributed by atoms with Gasteiger partial charge in [0, 0.05) is 25.9 Å². The minimum absolute atomic E-state index is 0.0104. The number of piperidine rings is 1. The molecule has 1 aromatic rings. The van der Waals surface area contributed by atoms with E-state index in [9.17, 15) is 9.59 Å². The van der Waals surface area contributed by atoms with E-state index in [1.807, 2.05) is 0 Å². The average Bonchev–Trinajstić information content (AvgIpc) is 2.53. The second kappa shape index (κ2) is 7.58. The Labute approximate surface area is 128 Å². The van der Waals surface area contributed by atoms with E-state index in [4.69, 9.17) is 9.47 Å². The van der Waals surface area contributed by atoms with Gasteiger partial charge in [-0.25, -0.2) is 9.97 Å². The number of carbonyl (C=O) groups excluding carboxylic acids is 2. The van der Waals surface area contributed by atoms with Crippen LogP contribution in [0.25, 0.3) is 0 Å². The Morgan fingerprint density at radius 2 is 2.09 bits per heavy atom. The number of methoxy groups -OCH3 is 1. The van der Waals surface area contributed by atoms with Gasteiger partial charge in [-0.15, -0.1) is 0 Å². The number of aromatic nitrogens is 2. The van der Waals surface area contributed by atoms with E-state index in [-0.39, 0.29) is 24.5 Å². The summed E-state index contributed by atoms with van der Waals surface area (Å²) in [5.74, 6) is 0.312. The molecule has 1 N–H and O–H groups in total. The van der Waals surface area contributed by atoms with E-state index in [0.717, 1.165) is 12.8 Å². The summed E-state index contributed by atoms with van der Waals surface area (Å²) in [4.78, 5) is 32.7. The molecule has 1 aliphatic rings. The first-order chi connectivity index (χ1) is 10.6. The average molecular weight is 308 g/mol. The molecule has 2 rings (SSSR count). The zero-order valence-electron chi connectivity index (χ0n) is 12.7. The highest BCUT2D eigenvalue weighted by molar-refractivity contribution is 5.83. The molecule has 0 saturated carbocycles. The number of nitrogens with one attached hydrogen (secondary N) is 1. The highest BCUT2D eigenvalue weighted by atomic mass is 16.5. The lowest BCUT2D eigenvalue weighted by Crippen LogP contribution is -2.47. The Morgan fingerprint density at radius 1 is 1.36 bits per heavy atom. The van der Waals surface area contributed by atoms with Gasteiger partial charge in [-0.2, -0.15) is 0 Å². The number of carbonyl (C=O) groups is 2. The zero-order valence-corrected chi connectivity index (χ0v) is 12.7. The van der Waals surface area contributed by atoms with Crippen molar-refractivity contribution in [3.63, 3.8) is 0 Å². The molecule has 8 nitrogen and oxygen atoms in total. The van der Waals surface area contributed by atoms with Crippen LogP contribution in [0.2, 0.25) is 0 Å². The van der Waals surface area contributed by atoms with Crippen LogP contribution in [0.3, 0.4) is 0 Å². The van der Waals surface area contributed by atoms with Crippen molar-refractivity contribution in [1.82, 2.24) is 20.2 Å². The van der Waals surface area contributed by atoms with Crippen LogP contribution >= 0.6 is 0 Å². The van der Waals surface area contributed by atoms with Gasteiger partial charge in [0.05, 0.1) is 20.2 Å². The Kier molecular flexibility index (Phi) is 5.51. The third-order valence-electron chi connectivity index (χ3n) is 3.32. The molecule has 1 atom stereocenters. The maximum absolute atomic E-state index is 12.0. The predicted molar refractivity (Wildman–Crippen MR) is 77.5 cm³/mol. The Morgan fingerprint density at radius 3 is 2.77 bits per heavy atom. The summed E-state index contributed by atoms with van der Waals surface area (Å²) < 4.78 is 10.9. The first-order valence-electron chi connectivity index (χ1n) is 7.14. The standard InChI is InChI=1S/C14H20N4O4/c1-10(19)17-8-12(20)18-7-3-4-11(9-18)22-14-13(21-2)15-5-6-16-14/h5-6,11H,3-4,7-9H2,1-2H3,(H,17,19)/t11-/m0/s1. The van der Waals surface area contributed by atoms with Crippen molar-refractivity contribution in [2.45, 2.75) is 25.9 Å². The summed E-state index contributed by atoms with van der Waals surface area (Å²) in [5.41, 5.74) is 0. The zero-order chi connectivity index (χ0) is 15.9. The predicted octanol–water partition coefficient (Wildman–Crippen LogP) is -0.00890. The molecule has 2 heterocycles. The van der Waals surface area contributed by atoms with Crippen LogP contribution in [0.4, 0.5) is 0 Å². The summed E-state index contributed by atoms with van der Waals surface area (Å²) in [7, 11) is 1.50. The van der Waals surface area contributed by atoms with Gasteiger partial charge >= 0.3 is 0 Å². The fraction of sp³-hybridized carbons (Fsp3) is 0.571. The molecule has 120 valence electrons. The van der Waals surface area contributed by atoms with Crippen LogP contribution in [0.1, 0.15) is 19.8 Å². The van der Waals surface area contributed by atoms with Crippen molar-refractivity contribution in [1.29, 1.82) is 0 Å². The van der Waals surface area contributed by atoms with Crippen molar-refractivity contribution >= 4 is 11.8 Å². The van der Waals surface area contributed by atoms with Crippen LogP contribution < -0.4 is 14.8 Å². The van der Waals surface area contributed by atoms with E-state index in [2.05, 4.69) is 15.3 Å². The van der Waals surface area contributed by atoms with Crippen LogP contribution in [0.5, 0.6) is 11.8 Å². The topological polar surface area (TPSA) is 93.7 Å². The van der Waals surface area contributed by atoms with Gasteiger partial charge < -0.3 is 19.7 Å². The lowest BCUT2D eigenvalue weighted by atomic mass is 10.1. The first-order valence-corrected chi connectivity index (χ1v) is 7.14. The van der Waals surface area contributed by atoms with Crippen LogP contribution in [0, 0.1) is 0 Å². The van der Waals surface area contributed by atoms with E-state index in [0.29, 0.717) is 24.8 Å². The van der Waals surface area contributed by atoms with Gasteiger partial charge in [-0.05, 0) is 12.8 Å². The molecule has 1 aliphatic heterocycles. The number of hydrogen-bond acceptors (Lipinski definition) is 6. The highest BCUT2D eigenvalue weighted by Gasteiger charge is 2.26. The largest absolute Gasteiger partial charge is 0.477 e. The summed E-state index contributed by atoms with van der Waals surface area (Å²) >= 11 is 0. The molecule has 0 radical (unpaired) electrons. The SMILES string of the molecule is COc1nccnc1O[C@H]1CCCN(C(=O)CNC(C)=O)C1. The van der Waals surface area contributed by atoms with E-state index < -0.39 is 0 Å².